The molecule has 0 aliphatic rings. The molecule has 0 saturated carbocycles. The third-order valence-electron chi connectivity index (χ3n) is 3.05. The number of nitrogens with two attached hydrogens (primary N) is 1. The Labute approximate surface area is 120 Å². The van der Waals surface area contributed by atoms with Crippen LogP contribution in [0, 0.1) is 0 Å². The van der Waals surface area contributed by atoms with Crippen LogP contribution in [0.2, 0.25) is 0 Å². The van der Waals surface area contributed by atoms with E-state index in [0.29, 0.717) is 6.42 Å². The zero-order valence-electron chi connectivity index (χ0n) is 13.1. The van der Waals surface area contributed by atoms with Crippen molar-refractivity contribution in [2.24, 2.45) is 5.73 Å². The van der Waals surface area contributed by atoms with Gasteiger partial charge in [-0.3, -0.25) is 4.79 Å². The Morgan fingerprint density at radius 1 is 0.789 bits per heavy atom. The molecule has 19 heavy (non-hydrogen) atoms. The van der Waals surface area contributed by atoms with Crippen LogP contribution in [0.25, 0.3) is 0 Å². The summed E-state index contributed by atoms with van der Waals surface area (Å²) in [6.45, 7) is 5.26. The molecule has 0 spiro atoms. The minimum atomic E-state index is -0.663. The number of carbonyl (C=O) groups is 1. The minimum absolute atomic E-state index is 0.341. The van der Waals surface area contributed by atoms with Crippen molar-refractivity contribution in [1.29, 1.82) is 0 Å². The van der Waals surface area contributed by atoms with E-state index >= 15 is 0 Å². The molecule has 0 heterocycles. The molecule has 0 aromatic rings. The van der Waals surface area contributed by atoms with Crippen LogP contribution in [0.4, 0.5) is 0 Å². The maximum atomic E-state index is 10.1. The van der Waals surface area contributed by atoms with E-state index < -0.39 is 5.97 Å². The Bertz CT molecular complexity index is 168. The van der Waals surface area contributed by atoms with Crippen LogP contribution in [-0.4, -0.2) is 17.6 Å². The van der Waals surface area contributed by atoms with E-state index in [4.69, 9.17) is 10.8 Å². The lowest BCUT2D eigenvalue weighted by molar-refractivity contribution is -0.137. The van der Waals surface area contributed by atoms with Crippen LogP contribution in [0.5, 0.6) is 0 Å². The Balaban J connectivity index is 0. The van der Waals surface area contributed by atoms with Gasteiger partial charge < -0.3 is 10.8 Å². The van der Waals surface area contributed by atoms with E-state index in [1.54, 1.807) is 0 Å². The predicted octanol–water partition coefficient (Wildman–Crippen LogP) is 4.74. The van der Waals surface area contributed by atoms with Crippen molar-refractivity contribution in [3.05, 3.63) is 0 Å². The highest BCUT2D eigenvalue weighted by atomic mass is 16.4. The Morgan fingerprint density at radius 3 is 1.63 bits per heavy atom. The summed E-state index contributed by atoms with van der Waals surface area (Å²) in [5.74, 6) is -0.663. The predicted molar refractivity (Wildman–Crippen MR) is 83.4 cm³/mol. The van der Waals surface area contributed by atoms with Crippen molar-refractivity contribution in [3.8, 4) is 0 Å². The smallest absolute Gasteiger partial charge is 0.303 e. The third-order valence-corrected chi connectivity index (χ3v) is 3.05. The van der Waals surface area contributed by atoms with Crippen LogP contribution >= 0.6 is 0 Å². The molecule has 0 aliphatic carbocycles. The summed E-state index contributed by atoms with van der Waals surface area (Å²) in [5.41, 5.74) is 5.27. The van der Waals surface area contributed by atoms with E-state index in [1.165, 1.54) is 57.8 Å². The van der Waals surface area contributed by atoms with Gasteiger partial charge in [0.2, 0.25) is 0 Å². The molecule has 0 atom stereocenters. The molecule has 0 aromatic heterocycles. The fourth-order valence-electron chi connectivity index (χ4n) is 1.80. The lowest BCUT2D eigenvalue weighted by Gasteiger charge is -1.98. The van der Waals surface area contributed by atoms with Crippen molar-refractivity contribution in [3.63, 3.8) is 0 Å². The zero-order chi connectivity index (χ0) is 14.8. The van der Waals surface area contributed by atoms with Crippen LogP contribution in [0.3, 0.4) is 0 Å². The highest BCUT2D eigenvalue weighted by Gasteiger charge is 1.95. The molecule has 0 bridgehead atoms. The summed E-state index contributed by atoms with van der Waals surface area (Å²) in [6.07, 6.45) is 13.8. The van der Waals surface area contributed by atoms with Gasteiger partial charge in [0.05, 0.1) is 0 Å². The molecule has 0 radical (unpaired) electrons. The quantitative estimate of drug-likeness (QED) is 0.505. The third kappa shape index (κ3) is 26.9. The second kappa shape index (κ2) is 19.8. The second-order valence-corrected chi connectivity index (χ2v) is 5.11. The summed E-state index contributed by atoms with van der Waals surface area (Å²) < 4.78 is 0. The van der Waals surface area contributed by atoms with Crippen molar-refractivity contribution in [1.82, 2.24) is 0 Å². The van der Waals surface area contributed by atoms with Crippen molar-refractivity contribution < 1.29 is 9.90 Å². The van der Waals surface area contributed by atoms with E-state index in [9.17, 15) is 4.79 Å². The molecule has 0 saturated heterocycles. The molecule has 0 aliphatic heterocycles. The second-order valence-electron chi connectivity index (χ2n) is 5.11. The number of hydrogen-bond acceptors (Lipinski definition) is 2. The van der Waals surface area contributed by atoms with Gasteiger partial charge in [-0.2, -0.15) is 0 Å². The van der Waals surface area contributed by atoms with Gasteiger partial charge in [0.1, 0.15) is 0 Å². The zero-order valence-corrected chi connectivity index (χ0v) is 13.1. The van der Waals surface area contributed by atoms with Gasteiger partial charge in [-0.25, -0.2) is 0 Å². The maximum absolute atomic E-state index is 10.1. The summed E-state index contributed by atoms with van der Waals surface area (Å²) in [4.78, 5) is 10.1. The van der Waals surface area contributed by atoms with Crippen molar-refractivity contribution in [2.45, 2.75) is 90.9 Å². The first kappa shape index (κ1) is 20.7. The van der Waals surface area contributed by atoms with Crippen LogP contribution in [0.1, 0.15) is 90.9 Å². The van der Waals surface area contributed by atoms with Gasteiger partial charge in [0.25, 0.3) is 0 Å². The Hall–Kier alpha value is -0.570. The average Bonchev–Trinajstić information content (AvgIpc) is 2.39. The Morgan fingerprint density at radius 2 is 1.21 bits per heavy atom. The molecule has 0 amide bonds. The van der Waals surface area contributed by atoms with Crippen molar-refractivity contribution in [2.75, 3.05) is 6.54 Å². The number of carboxylic acid groups (broad SMARTS) is 1. The summed E-state index contributed by atoms with van der Waals surface area (Å²) in [6, 6.07) is 0. The SMILES string of the molecule is CCCCCCCCCC(=O)O.CCCCCCN. The lowest BCUT2D eigenvalue weighted by atomic mass is 10.1. The fraction of sp³-hybridized carbons (Fsp3) is 0.938. The van der Waals surface area contributed by atoms with Crippen molar-refractivity contribution >= 4 is 5.97 Å². The first-order valence-electron chi connectivity index (χ1n) is 8.10. The number of unbranched alkanes of at least 4 members (excludes halogenated alkanes) is 9. The van der Waals surface area contributed by atoms with Gasteiger partial charge >= 0.3 is 5.97 Å². The van der Waals surface area contributed by atoms with Gasteiger partial charge in [0, 0.05) is 6.42 Å². The van der Waals surface area contributed by atoms with E-state index in [-0.39, 0.29) is 0 Å². The van der Waals surface area contributed by atoms with Gasteiger partial charge in [-0.15, -0.1) is 0 Å². The molecule has 0 unspecified atom stereocenters. The largest absolute Gasteiger partial charge is 0.481 e. The number of rotatable bonds is 12. The molecule has 3 heteroatoms. The molecule has 116 valence electrons. The standard InChI is InChI=1S/C10H20O2.C6H15N/c1-2-3-4-5-6-7-8-9-10(11)12;1-2-3-4-5-6-7/h2-9H2,1H3,(H,11,12);2-7H2,1H3. The van der Waals surface area contributed by atoms with E-state index in [1.807, 2.05) is 0 Å². The average molecular weight is 273 g/mol. The van der Waals surface area contributed by atoms with Gasteiger partial charge in [0.15, 0.2) is 0 Å². The summed E-state index contributed by atoms with van der Waals surface area (Å²) in [7, 11) is 0. The number of carboxylic acids is 1. The molecule has 3 nitrogen and oxygen atoms in total. The lowest BCUT2D eigenvalue weighted by Crippen LogP contribution is -1.97. The van der Waals surface area contributed by atoms with Gasteiger partial charge in [-0.05, 0) is 19.4 Å². The summed E-state index contributed by atoms with van der Waals surface area (Å²) >= 11 is 0. The topological polar surface area (TPSA) is 63.3 Å². The minimum Gasteiger partial charge on any atom is -0.481 e. The molecular formula is C16H35NO2. The first-order chi connectivity index (χ1) is 9.18. The highest BCUT2D eigenvalue weighted by molar-refractivity contribution is 5.66. The van der Waals surface area contributed by atoms with E-state index in [2.05, 4.69) is 13.8 Å². The highest BCUT2D eigenvalue weighted by Crippen LogP contribution is 2.07. The van der Waals surface area contributed by atoms with Crippen LogP contribution < -0.4 is 5.73 Å². The summed E-state index contributed by atoms with van der Waals surface area (Å²) in [5, 5.41) is 8.35. The normalized spacial score (nSPS) is 9.84. The van der Waals surface area contributed by atoms with Gasteiger partial charge in [-0.1, -0.05) is 71.6 Å². The van der Waals surface area contributed by atoms with Crippen LogP contribution in [-0.2, 0) is 4.79 Å². The molecule has 0 aromatic carbocycles. The molecule has 3 N–H and O–H groups in total. The number of hydrogen-bond donors (Lipinski definition) is 2. The number of aliphatic carboxylic acids is 1. The van der Waals surface area contributed by atoms with Crippen LogP contribution in [0.15, 0.2) is 0 Å². The molecule has 0 rings (SSSR count). The molecular weight excluding hydrogens is 238 g/mol. The monoisotopic (exact) mass is 273 g/mol. The maximum Gasteiger partial charge on any atom is 0.303 e. The Kier molecular flexibility index (Phi) is 21.6. The molecule has 0 fully saturated rings. The fourth-order valence-corrected chi connectivity index (χ4v) is 1.80. The van der Waals surface area contributed by atoms with E-state index in [0.717, 1.165) is 19.4 Å². The first-order valence-corrected chi connectivity index (χ1v) is 8.10.